The van der Waals surface area contributed by atoms with E-state index in [1.807, 2.05) is 18.2 Å². The van der Waals surface area contributed by atoms with Crippen molar-refractivity contribution in [1.29, 1.82) is 0 Å². The van der Waals surface area contributed by atoms with Crippen molar-refractivity contribution >= 4 is 17.3 Å². The molecular formula is C12H15ClN2. The van der Waals surface area contributed by atoms with Gasteiger partial charge in [-0.15, -0.1) is 0 Å². The van der Waals surface area contributed by atoms with Crippen molar-refractivity contribution < 1.29 is 0 Å². The van der Waals surface area contributed by atoms with Gasteiger partial charge in [0.25, 0.3) is 0 Å². The van der Waals surface area contributed by atoms with E-state index in [9.17, 15) is 0 Å². The van der Waals surface area contributed by atoms with Gasteiger partial charge in [-0.2, -0.15) is 0 Å². The topological polar surface area (TPSA) is 38.0 Å². The first-order valence-electron chi connectivity index (χ1n) is 5.57. The van der Waals surface area contributed by atoms with Crippen molar-refractivity contribution in [2.24, 2.45) is 11.7 Å². The average molecular weight is 223 g/mol. The summed E-state index contributed by atoms with van der Waals surface area (Å²) in [6.07, 6.45) is 3.78. The zero-order valence-corrected chi connectivity index (χ0v) is 9.30. The van der Waals surface area contributed by atoms with Crippen LogP contribution in [0.1, 0.15) is 30.9 Å². The summed E-state index contributed by atoms with van der Waals surface area (Å²) >= 11 is 6.00. The molecule has 1 fully saturated rings. The van der Waals surface area contributed by atoms with E-state index in [1.165, 1.54) is 30.5 Å². The molecular weight excluding hydrogens is 208 g/mol. The van der Waals surface area contributed by atoms with E-state index in [1.54, 1.807) is 0 Å². The van der Waals surface area contributed by atoms with Gasteiger partial charge < -0.3 is 11.1 Å². The van der Waals surface area contributed by atoms with Gasteiger partial charge in [0.05, 0.1) is 0 Å². The highest BCUT2D eigenvalue weighted by atomic mass is 35.5. The van der Waals surface area contributed by atoms with E-state index in [0.717, 1.165) is 5.02 Å². The first kappa shape index (κ1) is 9.49. The van der Waals surface area contributed by atoms with Crippen LogP contribution in [-0.2, 0) is 0 Å². The average Bonchev–Trinajstić information content (AvgIpc) is 2.68. The minimum absolute atomic E-state index is 0.160. The van der Waals surface area contributed by atoms with Gasteiger partial charge in [0.2, 0.25) is 0 Å². The van der Waals surface area contributed by atoms with Crippen molar-refractivity contribution in [3.63, 3.8) is 0 Å². The Balaban J connectivity index is 2.05. The zero-order valence-electron chi connectivity index (χ0n) is 8.54. The van der Waals surface area contributed by atoms with Gasteiger partial charge in [-0.1, -0.05) is 18.0 Å². The molecule has 1 aliphatic heterocycles. The molecule has 15 heavy (non-hydrogen) atoms. The smallest absolute Gasteiger partial charge is 0.0410 e. The summed E-state index contributed by atoms with van der Waals surface area (Å²) in [4.78, 5) is 0. The lowest BCUT2D eigenvalue weighted by atomic mass is 9.85. The molecule has 0 spiro atoms. The van der Waals surface area contributed by atoms with Crippen LogP contribution in [0.5, 0.6) is 0 Å². The summed E-state index contributed by atoms with van der Waals surface area (Å²) in [5.41, 5.74) is 8.66. The van der Waals surface area contributed by atoms with Gasteiger partial charge in [0, 0.05) is 22.8 Å². The van der Waals surface area contributed by atoms with Crippen LogP contribution >= 0.6 is 11.6 Å². The summed E-state index contributed by atoms with van der Waals surface area (Å²) in [6.45, 7) is 0. The van der Waals surface area contributed by atoms with E-state index < -0.39 is 0 Å². The van der Waals surface area contributed by atoms with Crippen molar-refractivity contribution in [2.75, 3.05) is 5.32 Å². The lowest BCUT2D eigenvalue weighted by Gasteiger charge is -2.35. The summed E-state index contributed by atoms with van der Waals surface area (Å²) in [7, 11) is 0. The maximum Gasteiger partial charge on any atom is 0.0410 e. The third-order valence-corrected chi connectivity index (χ3v) is 3.98. The maximum atomic E-state index is 6.30. The summed E-state index contributed by atoms with van der Waals surface area (Å²) in [6, 6.07) is 6.71. The van der Waals surface area contributed by atoms with E-state index in [-0.39, 0.29) is 6.04 Å². The molecule has 3 rings (SSSR count). The molecule has 0 radical (unpaired) electrons. The molecule has 3 heteroatoms. The molecule has 3 unspecified atom stereocenters. The van der Waals surface area contributed by atoms with Crippen LogP contribution in [0.4, 0.5) is 5.69 Å². The molecule has 0 bridgehead atoms. The Morgan fingerprint density at radius 2 is 2.20 bits per heavy atom. The van der Waals surface area contributed by atoms with Gasteiger partial charge in [-0.25, -0.2) is 0 Å². The maximum absolute atomic E-state index is 6.30. The van der Waals surface area contributed by atoms with Crippen LogP contribution in [0, 0.1) is 5.92 Å². The molecule has 1 heterocycles. The van der Waals surface area contributed by atoms with Crippen molar-refractivity contribution in [2.45, 2.75) is 31.3 Å². The lowest BCUT2D eigenvalue weighted by molar-refractivity contribution is 0.401. The molecule has 80 valence electrons. The second kappa shape index (κ2) is 3.39. The van der Waals surface area contributed by atoms with Crippen molar-refractivity contribution in [3.8, 4) is 0 Å². The molecule has 1 aromatic rings. The number of hydrogen-bond acceptors (Lipinski definition) is 2. The molecule has 1 saturated carbocycles. The van der Waals surface area contributed by atoms with Gasteiger partial charge >= 0.3 is 0 Å². The molecule has 1 aromatic carbocycles. The number of anilines is 1. The second-order valence-corrected chi connectivity index (χ2v) is 5.04. The Morgan fingerprint density at radius 3 is 3.07 bits per heavy atom. The molecule has 0 amide bonds. The summed E-state index contributed by atoms with van der Waals surface area (Å²) in [5.74, 6) is 0.593. The van der Waals surface area contributed by atoms with Crippen LogP contribution in [0.3, 0.4) is 0 Å². The Labute approximate surface area is 94.8 Å². The number of benzene rings is 1. The predicted octanol–water partition coefficient (Wildman–Crippen LogP) is 2.93. The molecule has 0 aromatic heterocycles. The highest BCUT2D eigenvalue weighted by Crippen LogP contribution is 2.43. The fraction of sp³-hybridized carbons (Fsp3) is 0.500. The van der Waals surface area contributed by atoms with Crippen LogP contribution < -0.4 is 11.1 Å². The molecule has 2 nitrogen and oxygen atoms in total. The number of nitrogens with two attached hydrogens (primary N) is 1. The molecule has 0 saturated heterocycles. The first-order chi connectivity index (χ1) is 7.25. The predicted molar refractivity (Wildman–Crippen MR) is 63.1 cm³/mol. The lowest BCUT2D eigenvalue weighted by Crippen LogP contribution is -2.37. The number of rotatable bonds is 0. The minimum Gasteiger partial charge on any atom is -0.382 e. The molecule has 1 aliphatic carbocycles. The van der Waals surface area contributed by atoms with Gasteiger partial charge in [0.15, 0.2) is 0 Å². The van der Waals surface area contributed by atoms with Crippen molar-refractivity contribution in [3.05, 3.63) is 28.8 Å². The zero-order chi connectivity index (χ0) is 10.4. The SMILES string of the molecule is NC1c2cc(Cl)ccc2NC2CCCC21. The third-order valence-electron chi connectivity index (χ3n) is 3.74. The van der Waals surface area contributed by atoms with Gasteiger partial charge in [-0.05, 0) is 42.5 Å². The van der Waals surface area contributed by atoms with E-state index in [2.05, 4.69) is 5.32 Å². The van der Waals surface area contributed by atoms with Gasteiger partial charge in [-0.3, -0.25) is 0 Å². The van der Waals surface area contributed by atoms with Crippen LogP contribution in [0.15, 0.2) is 18.2 Å². The van der Waals surface area contributed by atoms with E-state index in [4.69, 9.17) is 17.3 Å². The number of halogens is 1. The Bertz CT molecular complexity index is 391. The highest BCUT2D eigenvalue weighted by molar-refractivity contribution is 6.30. The van der Waals surface area contributed by atoms with E-state index in [0.29, 0.717) is 12.0 Å². The fourth-order valence-corrected chi connectivity index (χ4v) is 3.15. The van der Waals surface area contributed by atoms with Crippen LogP contribution in [-0.4, -0.2) is 6.04 Å². The third kappa shape index (κ3) is 1.44. The molecule has 3 atom stereocenters. The highest BCUT2D eigenvalue weighted by Gasteiger charge is 2.37. The van der Waals surface area contributed by atoms with Crippen molar-refractivity contribution in [1.82, 2.24) is 0 Å². The number of nitrogens with one attached hydrogen (secondary N) is 1. The first-order valence-corrected chi connectivity index (χ1v) is 5.95. The summed E-state index contributed by atoms with van der Waals surface area (Å²) in [5, 5.41) is 4.36. The number of hydrogen-bond donors (Lipinski definition) is 2. The quantitative estimate of drug-likeness (QED) is 0.709. The van der Waals surface area contributed by atoms with E-state index >= 15 is 0 Å². The number of fused-ring (bicyclic) bond motifs is 2. The monoisotopic (exact) mass is 222 g/mol. The Morgan fingerprint density at radius 1 is 1.33 bits per heavy atom. The standard InChI is InChI=1S/C12H15ClN2/c13-7-4-5-11-9(6-7)12(14)8-2-1-3-10(8)15-11/h4-6,8,10,12,15H,1-3,14H2. The Hall–Kier alpha value is -0.730. The summed E-state index contributed by atoms with van der Waals surface area (Å²) < 4.78 is 0. The molecule has 3 N–H and O–H groups in total. The molecule has 2 aliphatic rings. The van der Waals surface area contributed by atoms with Gasteiger partial charge in [0.1, 0.15) is 0 Å². The second-order valence-electron chi connectivity index (χ2n) is 4.60. The van der Waals surface area contributed by atoms with Crippen LogP contribution in [0.25, 0.3) is 0 Å². The Kier molecular flexibility index (Phi) is 2.15. The normalized spacial score (nSPS) is 33.1. The van der Waals surface area contributed by atoms with Crippen LogP contribution in [0.2, 0.25) is 5.02 Å². The largest absolute Gasteiger partial charge is 0.382 e. The fourth-order valence-electron chi connectivity index (χ4n) is 2.97. The minimum atomic E-state index is 0.160.